The van der Waals surface area contributed by atoms with E-state index in [0.717, 1.165) is 0 Å². The Hall–Kier alpha value is -0.610. The molecule has 1 heterocycles. The lowest BCUT2D eigenvalue weighted by atomic mass is 10.2. The Balaban J connectivity index is 2.33. The van der Waals surface area contributed by atoms with Crippen LogP contribution in [-0.4, -0.2) is 38.4 Å². The molecule has 0 bridgehead atoms. The van der Waals surface area contributed by atoms with Crippen molar-refractivity contribution in [3.63, 3.8) is 0 Å². The summed E-state index contributed by atoms with van der Waals surface area (Å²) in [5.41, 5.74) is 0. The highest BCUT2D eigenvalue weighted by Gasteiger charge is 2.24. The predicted molar refractivity (Wildman–Crippen MR) is 39.2 cm³/mol. The van der Waals surface area contributed by atoms with Crippen LogP contribution in [0.4, 0.5) is 0 Å². The number of ether oxygens (including phenoxy) is 2. The van der Waals surface area contributed by atoms with E-state index < -0.39 is 0 Å². The monoisotopic (exact) mass is 159 g/mol. The van der Waals surface area contributed by atoms with Gasteiger partial charge in [0.25, 0.3) is 0 Å². The molecule has 4 nitrogen and oxygen atoms in total. The maximum Gasteiger partial charge on any atom is 0.325 e. The summed E-state index contributed by atoms with van der Waals surface area (Å²) in [4.78, 5) is 10.9. The quantitative estimate of drug-likeness (QED) is 0.526. The molecule has 0 aliphatic carbocycles. The van der Waals surface area contributed by atoms with Crippen molar-refractivity contribution in [2.45, 2.75) is 19.1 Å². The van der Waals surface area contributed by atoms with Crippen molar-refractivity contribution >= 4 is 5.97 Å². The van der Waals surface area contributed by atoms with Crippen LogP contribution in [0.25, 0.3) is 0 Å². The number of methoxy groups -OCH3 is 1. The molecular weight excluding hydrogens is 146 g/mol. The van der Waals surface area contributed by atoms with Gasteiger partial charge >= 0.3 is 5.97 Å². The van der Waals surface area contributed by atoms with Gasteiger partial charge in [0, 0.05) is 6.54 Å². The van der Waals surface area contributed by atoms with Gasteiger partial charge in [0.1, 0.15) is 6.04 Å². The molecule has 0 radical (unpaired) electrons. The zero-order chi connectivity index (χ0) is 8.27. The van der Waals surface area contributed by atoms with Crippen LogP contribution in [0.2, 0.25) is 0 Å². The molecule has 0 amide bonds. The number of carbonyl (C=O) groups excluding carboxylic acids is 1. The van der Waals surface area contributed by atoms with E-state index in [1.165, 1.54) is 7.11 Å². The summed E-state index contributed by atoms with van der Waals surface area (Å²) in [7, 11) is 1.38. The van der Waals surface area contributed by atoms with Crippen molar-refractivity contribution in [1.82, 2.24) is 5.32 Å². The van der Waals surface area contributed by atoms with E-state index in [1.807, 2.05) is 6.92 Å². The average Bonchev–Trinajstić information content (AvgIpc) is 2.05. The minimum atomic E-state index is -0.281. The van der Waals surface area contributed by atoms with Crippen molar-refractivity contribution in [2.24, 2.45) is 0 Å². The highest BCUT2D eigenvalue weighted by molar-refractivity contribution is 5.75. The van der Waals surface area contributed by atoms with Gasteiger partial charge in [0.15, 0.2) is 0 Å². The summed E-state index contributed by atoms with van der Waals surface area (Å²) in [6.45, 7) is 3.08. The third kappa shape index (κ3) is 2.17. The number of rotatable bonds is 1. The summed E-state index contributed by atoms with van der Waals surface area (Å²) in [5, 5.41) is 3.02. The number of morpholine rings is 1. The third-order valence-corrected chi connectivity index (χ3v) is 1.68. The molecule has 11 heavy (non-hydrogen) atoms. The van der Waals surface area contributed by atoms with Gasteiger partial charge in [-0.2, -0.15) is 0 Å². The number of carbonyl (C=O) groups is 1. The second-order valence-electron chi connectivity index (χ2n) is 2.63. The second kappa shape index (κ2) is 3.69. The zero-order valence-electron chi connectivity index (χ0n) is 6.79. The largest absolute Gasteiger partial charge is 0.468 e. The Kier molecular flexibility index (Phi) is 2.84. The summed E-state index contributed by atoms with van der Waals surface area (Å²) < 4.78 is 9.79. The van der Waals surface area contributed by atoms with Crippen LogP contribution in [0, 0.1) is 0 Å². The Morgan fingerprint density at radius 2 is 2.45 bits per heavy atom. The van der Waals surface area contributed by atoms with Gasteiger partial charge in [0.05, 0.1) is 19.8 Å². The smallest absolute Gasteiger partial charge is 0.325 e. The zero-order valence-corrected chi connectivity index (χ0v) is 6.79. The third-order valence-electron chi connectivity index (χ3n) is 1.68. The fourth-order valence-electron chi connectivity index (χ4n) is 0.980. The maximum atomic E-state index is 10.9. The minimum absolute atomic E-state index is 0.191. The molecule has 2 atom stereocenters. The van der Waals surface area contributed by atoms with E-state index >= 15 is 0 Å². The number of hydrogen-bond acceptors (Lipinski definition) is 4. The van der Waals surface area contributed by atoms with Gasteiger partial charge in [-0.25, -0.2) is 0 Å². The Labute approximate surface area is 65.9 Å². The molecule has 1 N–H and O–H groups in total. The Morgan fingerprint density at radius 3 is 2.91 bits per heavy atom. The molecule has 1 fully saturated rings. The number of hydrogen-bond donors (Lipinski definition) is 1. The molecule has 1 rings (SSSR count). The standard InChI is InChI=1S/C7H13NO3/c1-5-3-8-6(4-11-5)7(9)10-2/h5-6,8H,3-4H2,1-2H3/t5-,6-/m0/s1. The van der Waals surface area contributed by atoms with Gasteiger partial charge in [-0.05, 0) is 6.92 Å². The molecule has 0 aromatic heterocycles. The molecule has 0 saturated carbocycles. The minimum Gasteiger partial charge on any atom is -0.468 e. The molecule has 1 aliphatic heterocycles. The SMILES string of the molecule is COC(=O)[C@@H]1CO[C@@H](C)CN1. The van der Waals surface area contributed by atoms with Crippen molar-refractivity contribution in [1.29, 1.82) is 0 Å². The van der Waals surface area contributed by atoms with Crippen LogP contribution in [0.5, 0.6) is 0 Å². The highest BCUT2D eigenvalue weighted by Crippen LogP contribution is 2.00. The van der Waals surface area contributed by atoms with Gasteiger partial charge < -0.3 is 9.47 Å². The van der Waals surface area contributed by atoms with Crippen LogP contribution in [-0.2, 0) is 14.3 Å². The summed E-state index contributed by atoms with van der Waals surface area (Å²) in [6, 6.07) is -0.281. The first-order valence-corrected chi connectivity index (χ1v) is 3.67. The molecule has 0 spiro atoms. The van der Waals surface area contributed by atoms with E-state index in [-0.39, 0.29) is 18.1 Å². The first kappa shape index (κ1) is 8.49. The van der Waals surface area contributed by atoms with Crippen LogP contribution < -0.4 is 5.32 Å². The lowest BCUT2D eigenvalue weighted by Crippen LogP contribution is -2.49. The highest BCUT2D eigenvalue weighted by atomic mass is 16.5. The van der Waals surface area contributed by atoms with Crippen LogP contribution in [0.1, 0.15) is 6.92 Å². The molecule has 0 unspecified atom stereocenters. The number of esters is 1. The lowest BCUT2D eigenvalue weighted by molar-refractivity contribution is -0.147. The van der Waals surface area contributed by atoms with E-state index in [1.54, 1.807) is 0 Å². The second-order valence-corrected chi connectivity index (χ2v) is 2.63. The molecule has 1 aliphatic rings. The Morgan fingerprint density at radius 1 is 1.73 bits per heavy atom. The van der Waals surface area contributed by atoms with Gasteiger partial charge in [-0.3, -0.25) is 10.1 Å². The van der Waals surface area contributed by atoms with Crippen molar-refractivity contribution in [3.8, 4) is 0 Å². The van der Waals surface area contributed by atoms with Crippen LogP contribution in [0.3, 0.4) is 0 Å². The predicted octanol–water partition coefficient (Wildman–Crippen LogP) is -0.464. The molecule has 4 heteroatoms. The van der Waals surface area contributed by atoms with E-state index in [0.29, 0.717) is 13.2 Å². The van der Waals surface area contributed by atoms with Gasteiger partial charge in [0.2, 0.25) is 0 Å². The molecule has 0 aromatic carbocycles. The van der Waals surface area contributed by atoms with Crippen LogP contribution >= 0.6 is 0 Å². The molecule has 0 aromatic rings. The van der Waals surface area contributed by atoms with Crippen LogP contribution in [0.15, 0.2) is 0 Å². The van der Waals surface area contributed by atoms with Crippen molar-refractivity contribution in [3.05, 3.63) is 0 Å². The summed E-state index contributed by atoms with van der Waals surface area (Å²) in [5.74, 6) is -0.253. The Bertz CT molecular complexity index is 141. The van der Waals surface area contributed by atoms with Gasteiger partial charge in [-0.15, -0.1) is 0 Å². The van der Waals surface area contributed by atoms with Gasteiger partial charge in [-0.1, -0.05) is 0 Å². The molecule has 64 valence electrons. The van der Waals surface area contributed by atoms with E-state index in [9.17, 15) is 4.79 Å². The fourth-order valence-corrected chi connectivity index (χ4v) is 0.980. The first-order valence-electron chi connectivity index (χ1n) is 3.67. The normalized spacial score (nSPS) is 31.5. The first-order chi connectivity index (χ1) is 5.24. The molecule has 1 saturated heterocycles. The molecular formula is C7H13NO3. The summed E-state index contributed by atoms with van der Waals surface area (Å²) in [6.07, 6.45) is 0.191. The van der Waals surface area contributed by atoms with Crippen molar-refractivity contribution in [2.75, 3.05) is 20.3 Å². The lowest BCUT2D eigenvalue weighted by Gasteiger charge is -2.26. The van der Waals surface area contributed by atoms with Crippen molar-refractivity contribution < 1.29 is 14.3 Å². The fraction of sp³-hybridized carbons (Fsp3) is 0.857. The summed E-state index contributed by atoms with van der Waals surface area (Å²) >= 11 is 0. The average molecular weight is 159 g/mol. The topological polar surface area (TPSA) is 47.6 Å². The van der Waals surface area contributed by atoms with E-state index in [2.05, 4.69) is 10.1 Å². The van der Waals surface area contributed by atoms with E-state index in [4.69, 9.17) is 4.74 Å². The maximum absolute atomic E-state index is 10.9. The number of nitrogens with one attached hydrogen (secondary N) is 1.